The molecule has 0 aliphatic heterocycles. The normalized spacial score (nSPS) is 10.2. The Hall–Kier alpha value is -1.53. The number of anilines is 1. The highest BCUT2D eigenvalue weighted by atomic mass is 32.1. The van der Waals surface area contributed by atoms with Crippen molar-refractivity contribution in [3.8, 4) is 0 Å². The van der Waals surface area contributed by atoms with E-state index < -0.39 is 0 Å². The molecule has 6 heteroatoms. The molecule has 0 atom stereocenters. The van der Waals surface area contributed by atoms with E-state index in [1.54, 1.807) is 23.7 Å². The molecule has 0 amide bonds. The minimum absolute atomic E-state index is 0.270. The van der Waals surface area contributed by atoms with Crippen molar-refractivity contribution in [1.29, 1.82) is 0 Å². The fourth-order valence-electron chi connectivity index (χ4n) is 1.50. The molecule has 88 valence electrons. The van der Waals surface area contributed by atoms with Gasteiger partial charge in [0.1, 0.15) is 10.7 Å². The van der Waals surface area contributed by atoms with Crippen LogP contribution in [0.2, 0.25) is 0 Å². The number of hydrogen-bond acceptors (Lipinski definition) is 5. The van der Waals surface area contributed by atoms with Crippen molar-refractivity contribution >= 4 is 34.4 Å². The first kappa shape index (κ1) is 11.9. The molecule has 0 aliphatic rings. The Labute approximate surface area is 109 Å². The smallest absolute Gasteiger partial charge is 0.157 e. The molecule has 0 aromatic carbocycles. The lowest BCUT2D eigenvalue weighted by Gasteiger charge is -2.19. The van der Waals surface area contributed by atoms with Crippen LogP contribution in [0.1, 0.15) is 10.6 Å². The van der Waals surface area contributed by atoms with Crippen molar-refractivity contribution in [2.75, 3.05) is 11.9 Å². The van der Waals surface area contributed by atoms with E-state index >= 15 is 0 Å². The van der Waals surface area contributed by atoms with Crippen LogP contribution >= 0.6 is 23.6 Å². The molecule has 0 radical (unpaired) electrons. The molecule has 17 heavy (non-hydrogen) atoms. The SMILES string of the molecule is CN(Cc1cccs1)c1nccnc1C(N)=S. The second kappa shape index (κ2) is 5.20. The van der Waals surface area contributed by atoms with Crippen LogP contribution in [0.25, 0.3) is 0 Å². The third kappa shape index (κ3) is 2.78. The lowest BCUT2D eigenvalue weighted by atomic mass is 10.3. The average molecular weight is 264 g/mol. The highest BCUT2D eigenvalue weighted by molar-refractivity contribution is 7.80. The summed E-state index contributed by atoms with van der Waals surface area (Å²) < 4.78 is 0. The summed E-state index contributed by atoms with van der Waals surface area (Å²) in [6.07, 6.45) is 3.24. The van der Waals surface area contributed by atoms with Gasteiger partial charge in [-0.2, -0.15) is 0 Å². The maximum atomic E-state index is 5.63. The molecule has 0 aliphatic carbocycles. The zero-order valence-electron chi connectivity index (χ0n) is 9.33. The zero-order valence-corrected chi connectivity index (χ0v) is 11.0. The maximum absolute atomic E-state index is 5.63. The fourth-order valence-corrected chi connectivity index (χ4v) is 2.40. The summed E-state index contributed by atoms with van der Waals surface area (Å²) in [6.45, 7) is 0.770. The van der Waals surface area contributed by atoms with Gasteiger partial charge >= 0.3 is 0 Å². The first-order valence-corrected chi connectivity index (χ1v) is 6.31. The van der Waals surface area contributed by atoms with Gasteiger partial charge in [-0.3, -0.25) is 0 Å². The Kier molecular flexibility index (Phi) is 3.65. The average Bonchev–Trinajstić information content (AvgIpc) is 2.81. The van der Waals surface area contributed by atoms with Crippen LogP contribution in [0.5, 0.6) is 0 Å². The van der Waals surface area contributed by atoms with Crippen molar-refractivity contribution in [3.63, 3.8) is 0 Å². The standard InChI is InChI=1S/C11H12N4S2/c1-15(7-8-3-2-6-17-8)11-9(10(12)16)13-4-5-14-11/h2-6H,7H2,1H3,(H2,12,16). The lowest BCUT2D eigenvalue weighted by Crippen LogP contribution is -2.23. The predicted molar refractivity (Wildman–Crippen MR) is 74.3 cm³/mol. The number of hydrogen-bond donors (Lipinski definition) is 1. The third-order valence-corrected chi connectivity index (χ3v) is 3.30. The minimum atomic E-state index is 0.270. The monoisotopic (exact) mass is 264 g/mol. The largest absolute Gasteiger partial charge is 0.388 e. The maximum Gasteiger partial charge on any atom is 0.157 e. The first-order valence-electron chi connectivity index (χ1n) is 5.03. The molecule has 0 fully saturated rings. The van der Waals surface area contributed by atoms with Crippen molar-refractivity contribution in [2.24, 2.45) is 5.73 Å². The Morgan fingerprint density at radius 1 is 1.47 bits per heavy atom. The number of thiocarbonyl (C=S) groups is 1. The van der Waals surface area contributed by atoms with E-state index in [0.29, 0.717) is 11.5 Å². The van der Waals surface area contributed by atoms with Crippen LogP contribution in [0.3, 0.4) is 0 Å². The number of aromatic nitrogens is 2. The minimum Gasteiger partial charge on any atom is -0.388 e. The summed E-state index contributed by atoms with van der Waals surface area (Å²) in [5.41, 5.74) is 6.20. The van der Waals surface area contributed by atoms with Gasteiger partial charge in [-0.05, 0) is 11.4 Å². The molecule has 0 saturated carbocycles. The molecule has 0 bridgehead atoms. The number of rotatable bonds is 4. The van der Waals surface area contributed by atoms with Crippen LogP contribution in [0.4, 0.5) is 5.82 Å². The van der Waals surface area contributed by atoms with E-state index in [2.05, 4.69) is 16.0 Å². The summed E-state index contributed by atoms with van der Waals surface area (Å²) in [5.74, 6) is 0.716. The molecule has 2 rings (SSSR count). The summed E-state index contributed by atoms with van der Waals surface area (Å²) in [4.78, 5) is 12.0. The fraction of sp³-hybridized carbons (Fsp3) is 0.182. The van der Waals surface area contributed by atoms with E-state index in [0.717, 1.165) is 6.54 Å². The third-order valence-electron chi connectivity index (χ3n) is 2.25. The van der Waals surface area contributed by atoms with E-state index in [-0.39, 0.29) is 4.99 Å². The second-order valence-corrected chi connectivity index (χ2v) is 5.00. The molecular weight excluding hydrogens is 252 g/mol. The van der Waals surface area contributed by atoms with Crippen LogP contribution in [0, 0.1) is 0 Å². The highest BCUT2D eigenvalue weighted by Gasteiger charge is 2.12. The molecule has 4 nitrogen and oxygen atoms in total. The summed E-state index contributed by atoms with van der Waals surface area (Å²) >= 11 is 6.67. The Balaban J connectivity index is 2.24. The quantitative estimate of drug-likeness (QED) is 0.854. The molecule has 2 heterocycles. The number of thiophene rings is 1. The van der Waals surface area contributed by atoms with E-state index in [1.165, 1.54) is 4.88 Å². The van der Waals surface area contributed by atoms with Gasteiger partial charge in [0.25, 0.3) is 0 Å². The van der Waals surface area contributed by atoms with Gasteiger partial charge in [-0.15, -0.1) is 11.3 Å². The van der Waals surface area contributed by atoms with E-state index in [9.17, 15) is 0 Å². The number of nitrogens with two attached hydrogens (primary N) is 1. The van der Waals surface area contributed by atoms with Crippen LogP contribution < -0.4 is 10.6 Å². The van der Waals surface area contributed by atoms with Crippen LogP contribution in [-0.4, -0.2) is 22.0 Å². The first-order chi connectivity index (χ1) is 8.18. The molecular formula is C11H12N4S2. The second-order valence-electron chi connectivity index (χ2n) is 3.53. The van der Waals surface area contributed by atoms with Gasteiger partial charge in [-0.25, -0.2) is 9.97 Å². The van der Waals surface area contributed by atoms with Gasteiger partial charge in [0.05, 0.1) is 6.54 Å². The molecule has 2 N–H and O–H groups in total. The molecule has 0 unspecified atom stereocenters. The molecule has 0 spiro atoms. The van der Waals surface area contributed by atoms with Gasteiger partial charge in [-0.1, -0.05) is 18.3 Å². The summed E-state index contributed by atoms with van der Waals surface area (Å²) in [6, 6.07) is 4.11. The highest BCUT2D eigenvalue weighted by Crippen LogP contribution is 2.18. The molecule has 0 saturated heterocycles. The van der Waals surface area contributed by atoms with Gasteiger partial charge in [0, 0.05) is 24.3 Å². The van der Waals surface area contributed by atoms with Crippen molar-refractivity contribution < 1.29 is 0 Å². The Morgan fingerprint density at radius 3 is 2.88 bits per heavy atom. The number of nitrogens with zero attached hydrogens (tertiary/aromatic N) is 3. The Bertz CT molecular complexity index is 510. The van der Waals surface area contributed by atoms with Crippen molar-refractivity contribution in [2.45, 2.75) is 6.54 Å². The molecule has 2 aromatic heterocycles. The summed E-state index contributed by atoms with van der Waals surface area (Å²) in [5, 5.41) is 2.05. The van der Waals surface area contributed by atoms with Crippen molar-refractivity contribution in [1.82, 2.24) is 9.97 Å². The Morgan fingerprint density at radius 2 is 2.24 bits per heavy atom. The van der Waals surface area contributed by atoms with Gasteiger partial charge in [0.15, 0.2) is 5.82 Å². The lowest BCUT2D eigenvalue weighted by molar-refractivity contribution is 0.900. The summed E-state index contributed by atoms with van der Waals surface area (Å²) in [7, 11) is 1.95. The van der Waals surface area contributed by atoms with Crippen LogP contribution in [-0.2, 0) is 6.54 Å². The molecule has 2 aromatic rings. The van der Waals surface area contributed by atoms with E-state index in [1.807, 2.05) is 23.4 Å². The van der Waals surface area contributed by atoms with Gasteiger partial charge < -0.3 is 10.6 Å². The zero-order chi connectivity index (χ0) is 12.3. The van der Waals surface area contributed by atoms with Crippen molar-refractivity contribution in [3.05, 3.63) is 40.5 Å². The van der Waals surface area contributed by atoms with E-state index in [4.69, 9.17) is 18.0 Å². The predicted octanol–water partition coefficient (Wildman–Crippen LogP) is 1.81. The van der Waals surface area contributed by atoms with Gasteiger partial charge in [0.2, 0.25) is 0 Å². The topological polar surface area (TPSA) is 55.0 Å². The van der Waals surface area contributed by atoms with Crippen LogP contribution in [0.15, 0.2) is 29.9 Å².